The van der Waals surface area contributed by atoms with Gasteiger partial charge in [0, 0.05) is 19.1 Å². The smallest absolute Gasteiger partial charge is 0.0789 e. The Bertz CT molecular complexity index is 192. The predicted molar refractivity (Wildman–Crippen MR) is 61.6 cm³/mol. The van der Waals surface area contributed by atoms with Crippen LogP contribution < -0.4 is 5.73 Å². The van der Waals surface area contributed by atoms with E-state index in [2.05, 4.69) is 4.90 Å². The molecule has 2 aliphatic rings. The SMILES string of the molecule is NCC(O)CN1CCCC1C1CCCC1. The molecule has 1 heterocycles. The van der Waals surface area contributed by atoms with Gasteiger partial charge in [0.15, 0.2) is 0 Å². The highest BCUT2D eigenvalue weighted by Crippen LogP contribution is 2.35. The average molecular weight is 212 g/mol. The number of aliphatic hydroxyl groups excluding tert-OH is 1. The van der Waals surface area contributed by atoms with Gasteiger partial charge in [-0.05, 0) is 38.1 Å². The highest BCUT2D eigenvalue weighted by atomic mass is 16.3. The van der Waals surface area contributed by atoms with Crippen molar-refractivity contribution in [3.63, 3.8) is 0 Å². The average Bonchev–Trinajstić information content (AvgIpc) is 2.86. The summed E-state index contributed by atoms with van der Waals surface area (Å²) in [6.45, 7) is 2.35. The van der Waals surface area contributed by atoms with Gasteiger partial charge in [-0.2, -0.15) is 0 Å². The van der Waals surface area contributed by atoms with Gasteiger partial charge >= 0.3 is 0 Å². The molecule has 0 spiro atoms. The third kappa shape index (κ3) is 2.71. The van der Waals surface area contributed by atoms with Crippen molar-refractivity contribution in [1.29, 1.82) is 0 Å². The molecule has 0 aromatic heterocycles. The van der Waals surface area contributed by atoms with Crippen molar-refractivity contribution in [2.75, 3.05) is 19.6 Å². The molecule has 0 aromatic rings. The quantitative estimate of drug-likeness (QED) is 0.730. The van der Waals surface area contributed by atoms with Crippen LogP contribution in [0, 0.1) is 5.92 Å². The zero-order valence-electron chi connectivity index (χ0n) is 9.57. The molecule has 2 unspecified atom stereocenters. The molecule has 1 aliphatic heterocycles. The monoisotopic (exact) mass is 212 g/mol. The van der Waals surface area contributed by atoms with E-state index in [4.69, 9.17) is 5.73 Å². The van der Waals surface area contributed by atoms with Crippen molar-refractivity contribution in [1.82, 2.24) is 4.90 Å². The molecule has 0 aromatic carbocycles. The number of aliphatic hydroxyl groups is 1. The molecule has 1 aliphatic carbocycles. The van der Waals surface area contributed by atoms with Gasteiger partial charge in [0.05, 0.1) is 6.10 Å². The third-order valence-electron chi connectivity index (χ3n) is 4.08. The second-order valence-electron chi connectivity index (χ2n) is 5.14. The van der Waals surface area contributed by atoms with Crippen molar-refractivity contribution < 1.29 is 5.11 Å². The van der Waals surface area contributed by atoms with Gasteiger partial charge in [-0.25, -0.2) is 0 Å². The second-order valence-corrected chi connectivity index (χ2v) is 5.14. The summed E-state index contributed by atoms with van der Waals surface area (Å²) < 4.78 is 0. The van der Waals surface area contributed by atoms with Crippen molar-refractivity contribution in [3.05, 3.63) is 0 Å². The second kappa shape index (κ2) is 5.28. The first-order valence-corrected chi connectivity index (χ1v) is 6.43. The van der Waals surface area contributed by atoms with Gasteiger partial charge in [-0.3, -0.25) is 4.90 Å². The summed E-state index contributed by atoms with van der Waals surface area (Å²) >= 11 is 0. The molecule has 1 saturated carbocycles. The standard InChI is InChI=1S/C12H24N2O/c13-8-11(15)9-14-7-3-6-12(14)10-4-1-2-5-10/h10-12,15H,1-9,13H2. The zero-order chi connectivity index (χ0) is 10.7. The minimum Gasteiger partial charge on any atom is -0.390 e. The summed E-state index contributed by atoms with van der Waals surface area (Å²) in [5.74, 6) is 0.900. The van der Waals surface area contributed by atoms with E-state index in [1.165, 1.54) is 38.5 Å². The number of nitrogens with zero attached hydrogens (tertiary/aromatic N) is 1. The van der Waals surface area contributed by atoms with E-state index in [0.29, 0.717) is 6.54 Å². The van der Waals surface area contributed by atoms with Gasteiger partial charge < -0.3 is 10.8 Å². The summed E-state index contributed by atoms with van der Waals surface area (Å²) in [7, 11) is 0. The van der Waals surface area contributed by atoms with Crippen LogP contribution in [-0.4, -0.2) is 41.8 Å². The van der Waals surface area contributed by atoms with Gasteiger partial charge in [0.2, 0.25) is 0 Å². The normalized spacial score (nSPS) is 31.2. The minimum atomic E-state index is -0.327. The van der Waals surface area contributed by atoms with E-state index >= 15 is 0 Å². The van der Waals surface area contributed by atoms with Gasteiger partial charge in [-0.15, -0.1) is 0 Å². The van der Waals surface area contributed by atoms with E-state index in [-0.39, 0.29) is 6.10 Å². The molecule has 0 radical (unpaired) electrons. The first-order valence-electron chi connectivity index (χ1n) is 6.43. The van der Waals surface area contributed by atoms with Crippen molar-refractivity contribution in [3.8, 4) is 0 Å². The number of hydrogen-bond donors (Lipinski definition) is 2. The van der Waals surface area contributed by atoms with E-state index in [1.54, 1.807) is 0 Å². The lowest BCUT2D eigenvalue weighted by Crippen LogP contribution is -2.41. The van der Waals surface area contributed by atoms with Crippen LogP contribution in [0.3, 0.4) is 0 Å². The number of rotatable bonds is 4. The summed E-state index contributed by atoms with van der Waals surface area (Å²) in [4.78, 5) is 2.48. The fraction of sp³-hybridized carbons (Fsp3) is 1.00. The lowest BCUT2D eigenvalue weighted by Gasteiger charge is -2.30. The highest BCUT2D eigenvalue weighted by Gasteiger charge is 2.33. The molecule has 2 atom stereocenters. The molecule has 0 amide bonds. The Kier molecular flexibility index (Phi) is 4.00. The molecule has 0 bridgehead atoms. The number of likely N-dealkylation sites (tertiary alicyclic amines) is 1. The van der Waals surface area contributed by atoms with Gasteiger partial charge in [-0.1, -0.05) is 12.8 Å². The molecule has 3 N–H and O–H groups in total. The van der Waals surface area contributed by atoms with Crippen molar-refractivity contribution in [2.45, 2.75) is 50.7 Å². The van der Waals surface area contributed by atoms with E-state index < -0.39 is 0 Å². The molecule has 3 nitrogen and oxygen atoms in total. The Morgan fingerprint density at radius 2 is 1.93 bits per heavy atom. The summed E-state index contributed by atoms with van der Waals surface area (Å²) in [6, 6.07) is 0.744. The fourth-order valence-corrected chi connectivity index (χ4v) is 3.30. The Morgan fingerprint density at radius 1 is 1.20 bits per heavy atom. The largest absolute Gasteiger partial charge is 0.390 e. The lowest BCUT2D eigenvalue weighted by atomic mass is 9.96. The maximum absolute atomic E-state index is 9.61. The van der Waals surface area contributed by atoms with Crippen LogP contribution in [-0.2, 0) is 0 Å². The van der Waals surface area contributed by atoms with E-state index in [9.17, 15) is 5.11 Å². The highest BCUT2D eigenvalue weighted by molar-refractivity contribution is 4.88. The molecular weight excluding hydrogens is 188 g/mol. The van der Waals surface area contributed by atoms with Crippen LogP contribution >= 0.6 is 0 Å². The summed E-state index contributed by atoms with van der Waals surface area (Å²) in [5, 5.41) is 9.61. The Hall–Kier alpha value is -0.120. The van der Waals surface area contributed by atoms with Crippen LogP contribution in [0.1, 0.15) is 38.5 Å². The molecule has 1 saturated heterocycles. The van der Waals surface area contributed by atoms with Crippen LogP contribution in [0.5, 0.6) is 0 Å². The van der Waals surface area contributed by atoms with Crippen molar-refractivity contribution >= 4 is 0 Å². The molecule has 15 heavy (non-hydrogen) atoms. The number of hydrogen-bond acceptors (Lipinski definition) is 3. The lowest BCUT2D eigenvalue weighted by molar-refractivity contribution is 0.0943. The molecule has 2 fully saturated rings. The van der Waals surface area contributed by atoms with E-state index in [0.717, 1.165) is 25.0 Å². The minimum absolute atomic E-state index is 0.327. The van der Waals surface area contributed by atoms with Crippen LogP contribution in [0.15, 0.2) is 0 Å². The third-order valence-corrected chi connectivity index (χ3v) is 4.08. The first-order chi connectivity index (χ1) is 7.31. The first kappa shape index (κ1) is 11.4. The molecule has 2 rings (SSSR count). The Labute approximate surface area is 92.6 Å². The number of β-amino-alcohol motifs (C(OH)–C–C–N with tert-alkyl or cyclic N) is 1. The van der Waals surface area contributed by atoms with Crippen molar-refractivity contribution in [2.24, 2.45) is 11.7 Å². The number of nitrogens with two attached hydrogens (primary N) is 1. The van der Waals surface area contributed by atoms with Gasteiger partial charge in [0.25, 0.3) is 0 Å². The van der Waals surface area contributed by atoms with Crippen LogP contribution in [0.2, 0.25) is 0 Å². The zero-order valence-corrected chi connectivity index (χ0v) is 9.57. The van der Waals surface area contributed by atoms with E-state index in [1.807, 2.05) is 0 Å². The molecule has 3 heteroatoms. The summed E-state index contributed by atoms with van der Waals surface area (Å²) in [5.41, 5.74) is 5.47. The molecule has 88 valence electrons. The summed E-state index contributed by atoms with van der Waals surface area (Å²) in [6.07, 6.45) is 7.94. The predicted octanol–water partition coefficient (Wildman–Crippen LogP) is 0.961. The fourth-order valence-electron chi connectivity index (χ4n) is 3.30. The maximum atomic E-state index is 9.61. The van der Waals surface area contributed by atoms with Crippen LogP contribution in [0.4, 0.5) is 0 Å². The topological polar surface area (TPSA) is 49.5 Å². The maximum Gasteiger partial charge on any atom is 0.0789 e. The molecular formula is C12H24N2O. The Morgan fingerprint density at radius 3 is 2.60 bits per heavy atom. The Balaban J connectivity index is 1.86. The van der Waals surface area contributed by atoms with Crippen LogP contribution in [0.25, 0.3) is 0 Å². The van der Waals surface area contributed by atoms with Gasteiger partial charge in [0.1, 0.15) is 0 Å².